The molecule has 6 nitrogen and oxygen atoms in total. The fourth-order valence-corrected chi connectivity index (χ4v) is 4.43. The molecule has 1 saturated heterocycles. The predicted octanol–water partition coefficient (Wildman–Crippen LogP) is 3.48. The lowest BCUT2D eigenvalue weighted by Gasteiger charge is -2.61. The minimum atomic E-state index is -0.159. The molecule has 1 aromatic carbocycles. The predicted molar refractivity (Wildman–Crippen MR) is 102 cm³/mol. The van der Waals surface area contributed by atoms with Crippen LogP contribution in [0, 0.1) is 5.92 Å². The van der Waals surface area contributed by atoms with E-state index in [1.54, 1.807) is 12.4 Å². The first-order valence-electron chi connectivity index (χ1n) is 9.25. The first-order valence-corrected chi connectivity index (χ1v) is 9.25. The SMILES string of the molecule is CN(C)c1ncc(NC(=O)N2C[C@H]3CCCC[C@]32c2ccccc2)cn1. The molecule has 1 saturated carbocycles. The molecule has 2 heterocycles. The molecule has 1 aliphatic heterocycles. The third-order valence-corrected chi connectivity index (χ3v) is 5.73. The van der Waals surface area contributed by atoms with Gasteiger partial charge in [-0.3, -0.25) is 0 Å². The number of hydrogen-bond donors (Lipinski definition) is 1. The van der Waals surface area contributed by atoms with Gasteiger partial charge in [0.25, 0.3) is 0 Å². The van der Waals surface area contributed by atoms with Crippen molar-refractivity contribution in [3.05, 3.63) is 48.3 Å². The maximum absolute atomic E-state index is 13.0. The van der Waals surface area contributed by atoms with Crippen LogP contribution in [0.1, 0.15) is 31.2 Å². The number of rotatable bonds is 3. The molecule has 26 heavy (non-hydrogen) atoms. The van der Waals surface area contributed by atoms with Gasteiger partial charge in [0.2, 0.25) is 5.95 Å². The van der Waals surface area contributed by atoms with Crippen molar-refractivity contribution in [2.45, 2.75) is 31.2 Å². The van der Waals surface area contributed by atoms with E-state index in [2.05, 4.69) is 39.6 Å². The number of aromatic nitrogens is 2. The van der Waals surface area contributed by atoms with Crippen LogP contribution in [-0.2, 0) is 5.54 Å². The number of hydrogen-bond acceptors (Lipinski definition) is 4. The summed E-state index contributed by atoms with van der Waals surface area (Å²) in [6.07, 6.45) is 7.97. The summed E-state index contributed by atoms with van der Waals surface area (Å²) in [7, 11) is 3.78. The zero-order valence-electron chi connectivity index (χ0n) is 15.4. The molecule has 0 bridgehead atoms. The summed E-state index contributed by atoms with van der Waals surface area (Å²) >= 11 is 0. The Kier molecular flexibility index (Phi) is 4.26. The van der Waals surface area contributed by atoms with Crippen LogP contribution in [0.15, 0.2) is 42.7 Å². The molecule has 2 aliphatic rings. The van der Waals surface area contributed by atoms with Crippen LogP contribution >= 0.6 is 0 Å². The van der Waals surface area contributed by atoms with Crippen molar-refractivity contribution in [2.24, 2.45) is 5.92 Å². The first-order chi connectivity index (χ1) is 12.6. The van der Waals surface area contributed by atoms with Crippen molar-refractivity contribution in [1.82, 2.24) is 14.9 Å². The summed E-state index contributed by atoms with van der Waals surface area (Å²) < 4.78 is 0. The van der Waals surface area contributed by atoms with Gasteiger partial charge in [0, 0.05) is 26.6 Å². The van der Waals surface area contributed by atoms with E-state index in [-0.39, 0.29) is 11.6 Å². The van der Waals surface area contributed by atoms with Crippen molar-refractivity contribution in [3.63, 3.8) is 0 Å². The van der Waals surface area contributed by atoms with Gasteiger partial charge in [0.15, 0.2) is 0 Å². The van der Waals surface area contributed by atoms with Gasteiger partial charge in [-0.2, -0.15) is 0 Å². The summed E-state index contributed by atoms with van der Waals surface area (Å²) in [6.45, 7) is 0.817. The second-order valence-corrected chi connectivity index (χ2v) is 7.44. The van der Waals surface area contributed by atoms with Gasteiger partial charge in [-0.1, -0.05) is 43.2 Å². The van der Waals surface area contributed by atoms with Crippen LogP contribution in [0.4, 0.5) is 16.4 Å². The number of benzene rings is 1. The third kappa shape index (κ3) is 2.69. The molecule has 1 N–H and O–H groups in total. The Bertz CT molecular complexity index is 777. The number of amides is 2. The fraction of sp³-hybridized carbons (Fsp3) is 0.450. The van der Waals surface area contributed by atoms with Gasteiger partial charge < -0.3 is 15.1 Å². The number of fused-ring (bicyclic) bond motifs is 1. The van der Waals surface area contributed by atoms with Gasteiger partial charge >= 0.3 is 6.03 Å². The minimum absolute atomic E-state index is 0.0618. The van der Waals surface area contributed by atoms with Crippen LogP contribution in [0.25, 0.3) is 0 Å². The molecule has 2 amide bonds. The lowest BCUT2D eigenvalue weighted by Crippen LogP contribution is -2.68. The van der Waals surface area contributed by atoms with E-state index < -0.39 is 0 Å². The maximum atomic E-state index is 13.0. The van der Waals surface area contributed by atoms with E-state index in [1.165, 1.54) is 18.4 Å². The number of urea groups is 1. The molecule has 6 heteroatoms. The lowest BCUT2D eigenvalue weighted by atomic mass is 9.62. The summed E-state index contributed by atoms with van der Waals surface area (Å²) in [4.78, 5) is 25.4. The average Bonchev–Trinajstić information content (AvgIpc) is 2.64. The van der Waals surface area contributed by atoms with Gasteiger partial charge in [0.05, 0.1) is 23.6 Å². The molecule has 0 spiro atoms. The first kappa shape index (κ1) is 16.8. The van der Waals surface area contributed by atoms with E-state index in [9.17, 15) is 4.79 Å². The Morgan fingerprint density at radius 2 is 1.92 bits per heavy atom. The molecule has 136 valence electrons. The zero-order chi connectivity index (χ0) is 18.1. The molecular weight excluding hydrogens is 326 g/mol. The van der Waals surface area contributed by atoms with Crippen LogP contribution in [0.3, 0.4) is 0 Å². The maximum Gasteiger partial charge on any atom is 0.322 e. The van der Waals surface area contributed by atoms with Gasteiger partial charge in [-0.15, -0.1) is 0 Å². The van der Waals surface area contributed by atoms with Crippen molar-refractivity contribution < 1.29 is 4.79 Å². The summed E-state index contributed by atoms with van der Waals surface area (Å²) in [6, 6.07) is 10.4. The molecule has 0 radical (unpaired) electrons. The largest absolute Gasteiger partial charge is 0.347 e. The topological polar surface area (TPSA) is 61.4 Å². The monoisotopic (exact) mass is 351 g/mol. The van der Waals surface area contributed by atoms with Crippen LogP contribution in [-0.4, -0.2) is 41.5 Å². The molecular formula is C20H25N5O. The van der Waals surface area contributed by atoms with Crippen LogP contribution < -0.4 is 10.2 Å². The smallest absolute Gasteiger partial charge is 0.322 e. The average molecular weight is 351 g/mol. The molecule has 2 fully saturated rings. The van der Waals surface area contributed by atoms with Crippen molar-refractivity contribution in [3.8, 4) is 0 Å². The van der Waals surface area contributed by atoms with E-state index in [1.807, 2.05) is 30.0 Å². The van der Waals surface area contributed by atoms with E-state index in [0.29, 0.717) is 17.6 Å². The lowest BCUT2D eigenvalue weighted by molar-refractivity contribution is -0.0756. The minimum Gasteiger partial charge on any atom is -0.347 e. The Morgan fingerprint density at radius 1 is 1.19 bits per heavy atom. The quantitative estimate of drug-likeness (QED) is 0.920. The summed E-state index contributed by atoms with van der Waals surface area (Å²) in [5, 5.41) is 2.98. The molecule has 0 unspecified atom stereocenters. The normalized spacial score (nSPS) is 24.4. The molecule has 4 rings (SSSR count). The molecule has 2 atom stereocenters. The van der Waals surface area contributed by atoms with E-state index >= 15 is 0 Å². The highest BCUT2D eigenvalue weighted by Crippen LogP contribution is 2.53. The molecule has 1 aromatic heterocycles. The number of nitrogens with zero attached hydrogens (tertiary/aromatic N) is 4. The van der Waals surface area contributed by atoms with Crippen LogP contribution in [0.2, 0.25) is 0 Å². The van der Waals surface area contributed by atoms with E-state index in [0.717, 1.165) is 19.4 Å². The Balaban J connectivity index is 1.55. The van der Waals surface area contributed by atoms with Crippen molar-refractivity contribution >= 4 is 17.7 Å². The number of likely N-dealkylation sites (tertiary alicyclic amines) is 1. The van der Waals surface area contributed by atoms with Gasteiger partial charge in [-0.05, 0) is 18.4 Å². The van der Waals surface area contributed by atoms with E-state index in [4.69, 9.17) is 0 Å². The number of nitrogens with one attached hydrogen (secondary N) is 1. The van der Waals surface area contributed by atoms with Gasteiger partial charge in [-0.25, -0.2) is 14.8 Å². The van der Waals surface area contributed by atoms with Crippen molar-refractivity contribution in [2.75, 3.05) is 30.9 Å². The van der Waals surface area contributed by atoms with Gasteiger partial charge in [0.1, 0.15) is 0 Å². The Hall–Kier alpha value is -2.63. The summed E-state index contributed by atoms with van der Waals surface area (Å²) in [5.74, 6) is 1.18. The molecule has 2 aromatic rings. The second kappa shape index (κ2) is 6.59. The Morgan fingerprint density at radius 3 is 2.58 bits per heavy atom. The number of carbonyl (C=O) groups excluding carboxylic acids is 1. The molecule has 1 aliphatic carbocycles. The van der Waals surface area contributed by atoms with Crippen LogP contribution in [0.5, 0.6) is 0 Å². The third-order valence-electron chi connectivity index (χ3n) is 5.73. The highest BCUT2D eigenvalue weighted by Gasteiger charge is 2.57. The summed E-state index contributed by atoms with van der Waals surface area (Å²) in [5.41, 5.74) is 1.72. The number of carbonyl (C=O) groups is 1. The zero-order valence-corrected chi connectivity index (χ0v) is 15.4. The fourth-order valence-electron chi connectivity index (χ4n) is 4.43. The Labute approximate surface area is 154 Å². The number of anilines is 2. The highest BCUT2D eigenvalue weighted by molar-refractivity contribution is 5.90. The highest BCUT2D eigenvalue weighted by atomic mass is 16.2. The second-order valence-electron chi connectivity index (χ2n) is 7.44. The van der Waals surface area contributed by atoms with Crippen molar-refractivity contribution in [1.29, 1.82) is 0 Å². The standard InChI is InChI=1S/C20H25N5O/c1-24(2)18-21-12-17(13-22-18)23-19(26)25-14-16-10-6-7-11-20(16,25)15-8-4-3-5-9-15/h3-5,8-9,12-13,16H,6-7,10-11,14H2,1-2H3,(H,23,26)/t16-,20+/m1/s1.